The number of pyridine rings is 1. The van der Waals surface area contributed by atoms with E-state index in [4.69, 9.17) is 4.52 Å². The molecule has 0 radical (unpaired) electrons. The molecule has 0 saturated carbocycles. The largest absolute Gasteiger partial charge is 0.392 e. The average molecular weight is 334 g/mol. The Bertz CT molecular complexity index is 1060. The molecule has 2 aromatic heterocycles. The highest BCUT2D eigenvalue weighted by atomic mass is 19.1. The number of benzene rings is 2. The number of aromatic nitrogens is 2. The fraction of sp³-hybridized carbons (Fsp3) is 0.100. The zero-order chi connectivity index (χ0) is 17.4. The second-order valence-corrected chi connectivity index (χ2v) is 5.87. The Morgan fingerprint density at radius 1 is 1.04 bits per heavy atom. The fourth-order valence-electron chi connectivity index (χ4n) is 2.85. The van der Waals surface area contributed by atoms with E-state index in [0.717, 1.165) is 22.3 Å². The lowest BCUT2D eigenvalue weighted by Gasteiger charge is -2.08. The van der Waals surface area contributed by atoms with Crippen molar-refractivity contribution in [1.29, 1.82) is 0 Å². The van der Waals surface area contributed by atoms with Gasteiger partial charge in [0.15, 0.2) is 5.58 Å². The van der Waals surface area contributed by atoms with Crippen molar-refractivity contribution in [2.24, 2.45) is 0 Å². The summed E-state index contributed by atoms with van der Waals surface area (Å²) in [7, 11) is 0. The first-order valence-electron chi connectivity index (χ1n) is 7.89. The highest BCUT2D eigenvalue weighted by Gasteiger charge is 2.16. The first kappa shape index (κ1) is 15.5. The van der Waals surface area contributed by atoms with Gasteiger partial charge in [0.25, 0.3) is 0 Å². The Morgan fingerprint density at radius 3 is 2.60 bits per heavy atom. The monoisotopic (exact) mass is 334 g/mol. The smallest absolute Gasteiger partial charge is 0.193 e. The summed E-state index contributed by atoms with van der Waals surface area (Å²) in [5.41, 5.74) is 6.02. The van der Waals surface area contributed by atoms with Crippen LogP contribution in [0.25, 0.3) is 33.5 Å². The molecule has 4 rings (SSSR count). The number of fused-ring (bicyclic) bond motifs is 1. The van der Waals surface area contributed by atoms with Crippen LogP contribution in [-0.2, 0) is 6.61 Å². The minimum Gasteiger partial charge on any atom is -0.392 e. The number of aliphatic hydroxyl groups is 1. The molecule has 124 valence electrons. The van der Waals surface area contributed by atoms with Crippen LogP contribution in [0.1, 0.15) is 11.3 Å². The van der Waals surface area contributed by atoms with E-state index >= 15 is 0 Å². The molecule has 0 aliphatic carbocycles. The van der Waals surface area contributed by atoms with Gasteiger partial charge in [-0.3, -0.25) is 0 Å². The van der Waals surface area contributed by atoms with Gasteiger partial charge in [-0.15, -0.1) is 0 Å². The second-order valence-electron chi connectivity index (χ2n) is 5.87. The van der Waals surface area contributed by atoms with Crippen LogP contribution in [0.3, 0.4) is 0 Å². The highest BCUT2D eigenvalue weighted by molar-refractivity contribution is 5.93. The molecule has 0 aliphatic heterocycles. The summed E-state index contributed by atoms with van der Waals surface area (Å²) in [5.74, 6) is -0.290. The number of rotatable bonds is 3. The van der Waals surface area contributed by atoms with Gasteiger partial charge >= 0.3 is 0 Å². The molecule has 25 heavy (non-hydrogen) atoms. The number of hydrogen-bond donors (Lipinski definition) is 1. The zero-order valence-electron chi connectivity index (χ0n) is 13.5. The van der Waals surface area contributed by atoms with Crippen LogP contribution in [0.4, 0.5) is 4.39 Å². The van der Waals surface area contributed by atoms with Crippen molar-refractivity contribution in [2.45, 2.75) is 13.5 Å². The van der Waals surface area contributed by atoms with Crippen LogP contribution in [0, 0.1) is 12.7 Å². The third-order valence-corrected chi connectivity index (χ3v) is 4.15. The lowest BCUT2D eigenvalue weighted by atomic mass is 10.00. The maximum absolute atomic E-state index is 13.2. The zero-order valence-corrected chi connectivity index (χ0v) is 13.5. The van der Waals surface area contributed by atoms with Crippen molar-refractivity contribution < 1.29 is 14.0 Å². The van der Waals surface area contributed by atoms with Gasteiger partial charge in [0.1, 0.15) is 17.0 Å². The number of aliphatic hydroxyl groups excluding tert-OH is 1. The number of aryl methyl sites for hydroxylation is 1. The van der Waals surface area contributed by atoms with Gasteiger partial charge in [-0.05, 0) is 54.4 Å². The van der Waals surface area contributed by atoms with E-state index in [2.05, 4.69) is 10.1 Å². The number of nitrogens with zero attached hydrogens (tertiary/aromatic N) is 2. The summed E-state index contributed by atoms with van der Waals surface area (Å²) >= 11 is 0. The summed E-state index contributed by atoms with van der Waals surface area (Å²) in [6.45, 7) is 1.80. The Morgan fingerprint density at radius 2 is 1.84 bits per heavy atom. The first-order chi connectivity index (χ1) is 12.2. The molecule has 4 nitrogen and oxygen atoms in total. The predicted molar refractivity (Wildman–Crippen MR) is 93.3 cm³/mol. The summed E-state index contributed by atoms with van der Waals surface area (Å²) in [6, 6.07) is 15.7. The molecule has 0 aliphatic rings. The van der Waals surface area contributed by atoms with E-state index < -0.39 is 0 Å². The summed E-state index contributed by atoms with van der Waals surface area (Å²) in [4.78, 5) is 4.64. The van der Waals surface area contributed by atoms with Gasteiger partial charge in [-0.25, -0.2) is 9.37 Å². The summed E-state index contributed by atoms with van der Waals surface area (Å²) in [5, 5.41) is 13.4. The number of hydrogen-bond acceptors (Lipinski definition) is 4. The quantitative estimate of drug-likeness (QED) is 0.599. The van der Waals surface area contributed by atoms with Gasteiger partial charge in [0, 0.05) is 11.1 Å². The topological polar surface area (TPSA) is 59.2 Å². The second kappa shape index (κ2) is 6.11. The summed E-state index contributed by atoms with van der Waals surface area (Å²) < 4.78 is 18.7. The lowest BCUT2D eigenvalue weighted by Crippen LogP contribution is -1.90. The molecule has 0 bridgehead atoms. The lowest BCUT2D eigenvalue weighted by molar-refractivity contribution is 0.282. The fourth-order valence-corrected chi connectivity index (χ4v) is 2.85. The molecule has 0 amide bonds. The molecule has 0 atom stereocenters. The van der Waals surface area contributed by atoms with Gasteiger partial charge < -0.3 is 9.63 Å². The standard InChI is InChI=1S/C20H15FN2O2/c1-12-19-20(25-23-12)17(15-4-2-3-13(9-15)11-24)10-18(22-19)14-5-7-16(21)8-6-14/h2-10,24H,11H2,1H3. The molecule has 0 fully saturated rings. The molecule has 2 heterocycles. The molecule has 0 spiro atoms. The van der Waals surface area contributed by atoms with Crippen molar-refractivity contribution in [2.75, 3.05) is 0 Å². The van der Waals surface area contributed by atoms with E-state index in [1.165, 1.54) is 12.1 Å². The van der Waals surface area contributed by atoms with Crippen LogP contribution in [-0.4, -0.2) is 15.2 Å². The SMILES string of the molecule is Cc1noc2c(-c3cccc(CO)c3)cc(-c3ccc(F)cc3)nc12. The Kier molecular flexibility index (Phi) is 3.78. The molecule has 4 aromatic rings. The van der Waals surface area contributed by atoms with Crippen molar-refractivity contribution in [3.05, 3.63) is 71.7 Å². The Balaban J connectivity index is 1.97. The van der Waals surface area contributed by atoms with Crippen molar-refractivity contribution in [1.82, 2.24) is 10.1 Å². The van der Waals surface area contributed by atoms with Gasteiger partial charge in [0.05, 0.1) is 12.3 Å². The van der Waals surface area contributed by atoms with Crippen LogP contribution in [0.5, 0.6) is 0 Å². The van der Waals surface area contributed by atoms with Crippen LogP contribution in [0.2, 0.25) is 0 Å². The maximum atomic E-state index is 13.2. The minimum absolute atomic E-state index is 0.0394. The predicted octanol–water partition coefficient (Wildman–Crippen LogP) is 4.50. The van der Waals surface area contributed by atoms with Crippen molar-refractivity contribution in [3.63, 3.8) is 0 Å². The molecule has 5 heteroatoms. The third kappa shape index (κ3) is 2.79. The summed E-state index contributed by atoms with van der Waals surface area (Å²) in [6.07, 6.45) is 0. The molecule has 0 unspecified atom stereocenters. The van der Waals surface area contributed by atoms with Crippen molar-refractivity contribution in [3.8, 4) is 22.4 Å². The van der Waals surface area contributed by atoms with Gasteiger partial charge in [-0.2, -0.15) is 0 Å². The van der Waals surface area contributed by atoms with Crippen LogP contribution in [0.15, 0.2) is 59.1 Å². The third-order valence-electron chi connectivity index (χ3n) is 4.15. The first-order valence-corrected chi connectivity index (χ1v) is 7.89. The van der Waals surface area contributed by atoms with Crippen LogP contribution < -0.4 is 0 Å². The average Bonchev–Trinajstić information content (AvgIpc) is 3.03. The Labute approximate surface area is 143 Å². The maximum Gasteiger partial charge on any atom is 0.193 e. The van der Waals surface area contributed by atoms with E-state index in [0.29, 0.717) is 22.5 Å². The molecule has 0 saturated heterocycles. The van der Waals surface area contributed by atoms with E-state index in [9.17, 15) is 9.50 Å². The highest BCUT2D eigenvalue weighted by Crippen LogP contribution is 2.33. The van der Waals surface area contributed by atoms with Crippen LogP contribution >= 0.6 is 0 Å². The normalized spacial score (nSPS) is 11.2. The van der Waals surface area contributed by atoms with E-state index in [1.807, 2.05) is 37.3 Å². The molecular weight excluding hydrogens is 319 g/mol. The number of halogens is 1. The van der Waals surface area contributed by atoms with E-state index in [1.54, 1.807) is 12.1 Å². The molecule has 1 N–H and O–H groups in total. The molecule has 2 aromatic carbocycles. The minimum atomic E-state index is -0.290. The van der Waals surface area contributed by atoms with Crippen molar-refractivity contribution >= 4 is 11.1 Å². The van der Waals surface area contributed by atoms with Gasteiger partial charge in [0.2, 0.25) is 0 Å². The van der Waals surface area contributed by atoms with Gasteiger partial charge in [-0.1, -0.05) is 23.4 Å². The Hall–Kier alpha value is -3.05. The van der Waals surface area contributed by atoms with E-state index in [-0.39, 0.29) is 12.4 Å². The molecular formula is C20H15FN2O2.